The second-order valence-corrected chi connectivity index (χ2v) is 5.58. The zero-order chi connectivity index (χ0) is 13.6. The van der Waals surface area contributed by atoms with Gasteiger partial charge < -0.3 is 20.3 Å². The standard InChI is InChI=1S/C12H19NO4S/c1-12(16,5-6-17-2)8-13-7-9-3-4-10(18-9)11(14)15/h3-4,13,16H,5-8H2,1-2H3,(H,14,15). The third-order valence-electron chi connectivity index (χ3n) is 2.52. The molecule has 0 saturated heterocycles. The number of aliphatic hydroxyl groups is 1. The monoisotopic (exact) mass is 273 g/mol. The highest BCUT2D eigenvalue weighted by Crippen LogP contribution is 2.16. The second kappa shape index (κ2) is 6.84. The second-order valence-electron chi connectivity index (χ2n) is 4.41. The number of thiophene rings is 1. The van der Waals surface area contributed by atoms with E-state index in [0.717, 1.165) is 4.88 Å². The molecule has 0 saturated carbocycles. The zero-order valence-electron chi connectivity index (χ0n) is 10.6. The summed E-state index contributed by atoms with van der Waals surface area (Å²) in [5.74, 6) is -0.904. The maximum atomic E-state index is 10.7. The van der Waals surface area contributed by atoms with Gasteiger partial charge in [0, 0.05) is 38.1 Å². The van der Waals surface area contributed by atoms with Crippen LogP contribution in [0.25, 0.3) is 0 Å². The Labute approximate surface area is 110 Å². The Hall–Kier alpha value is -0.950. The number of aromatic carboxylic acids is 1. The summed E-state index contributed by atoms with van der Waals surface area (Å²) in [5.41, 5.74) is -0.817. The van der Waals surface area contributed by atoms with Gasteiger partial charge in [0.05, 0.1) is 5.60 Å². The van der Waals surface area contributed by atoms with E-state index in [4.69, 9.17) is 9.84 Å². The van der Waals surface area contributed by atoms with Crippen LogP contribution in [0.1, 0.15) is 27.9 Å². The van der Waals surface area contributed by atoms with Crippen molar-refractivity contribution in [2.24, 2.45) is 0 Å². The van der Waals surface area contributed by atoms with E-state index in [1.807, 2.05) is 0 Å². The van der Waals surface area contributed by atoms with Crippen LogP contribution in [0.4, 0.5) is 0 Å². The normalized spacial score (nSPS) is 14.4. The van der Waals surface area contributed by atoms with Crippen molar-refractivity contribution >= 4 is 17.3 Å². The van der Waals surface area contributed by atoms with E-state index in [2.05, 4.69) is 5.32 Å². The minimum Gasteiger partial charge on any atom is -0.477 e. The molecule has 1 aromatic rings. The topological polar surface area (TPSA) is 78.8 Å². The molecular formula is C12H19NO4S. The first-order chi connectivity index (χ1) is 8.44. The number of carboxylic acids is 1. The Balaban J connectivity index is 2.34. The molecule has 1 aromatic heterocycles. The zero-order valence-corrected chi connectivity index (χ0v) is 11.4. The summed E-state index contributed by atoms with van der Waals surface area (Å²) in [5, 5.41) is 21.9. The van der Waals surface area contributed by atoms with Crippen LogP contribution in [0.2, 0.25) is 0 Å². The van der Waals surface area contributed by atoms with E-state index in [-0.39, 0.29) is 0 Å². The highest BCUT2D eigenvalue weighted by molar-refractivity contribution is 7.13. The predicted octanol–water partition coefficient (Wildman–Crippen LogP) is 1.32. The summed E-state index contributed by atoms with van der Waals surface area (Å²) in [4.78, 5) is 12.0. The fourth-order valence-electron chi connectivity index (χ4n) is 1.45. The van der Waals surface area contributed by atoms with Gasteiger partial charge in [-0.25, -0.2) is 4.79 Å². The SMILES string of the molecule is COCCC(C)(O)CNCc1ccc(C(=O)O)s1. The molecule has 0 aliphatic carbocycles. The average molecular weight is 273 g/mol. The van der Waals surface area contributed by atoms with Crippen molar-refractivity contribution in [1.82, 2.24) is 5.32 Å². The first kappa shape index (κ1) is 15.1. The lowest BCUT2D eigenvalue weighted by molar-refractivity contribution is 0.0248. The molecule has 1 atom stereocenters. The molecule has 1 unspecified atom stereocenters. The molecular weight excluding hydrogens is 254 g/mol. The summed E-state index contributed by atoms with van der Waals surface area (Å²) >= 11 is 1.24. The Morgan fingerprint density at radius 2 is 2.28 bits per heavy atom. The van der Waals surface area contributed by atoms with Gasteiger partial charge >= 0.3 is 5.97 Å². The number of nitrogens with one attached hydrogen (secondary N) is 1. The average Bonchev–Trinajstić information content (AvgIpc) is 2.75. The molecule has 0 fully saturated rings. The highest BCUT2D eigenvalue weighted by Gasteiger charge is 2.19. The van der Waals surface area contributed by atoms with Crippen LogP contribution in [0.3, 0.4) is 0 Å². The van der Waals surface area contributed by atoms with E-state index in [1.165, 1.54) is 11.3 Å². The van der Waals surface area contributed by atoms with Crippen molar-refractivity contribution < 1.29 is 19.7 Å². The molecule has 1 rings (SSSR count). The first-order valence-corrected chi connectivity index (χ1v) is 6.50. The Bertz CT molecular complexity index is 389. The third kappa shape index (κ3) is 5.14. The molecule has 18 heavy (non-hydrogen) atoms. The molecule has 0 aliphatic heterocycles. The van der Waals surface area contributed by atoms with Gasteiger partial charge in [0.2, 0.25) is 0 Å². The molecule has 5 nitrogen and oxygen atoms in total. The van der Waals surface area contributed by atoms with Crippen molar-refractivity contribution in [2.75, 3.05) is 20.3 Å². The number of hydrogen-bond donors (Lipinski definition) is 3. The summed E-state index contributed by atoms with van der Waals surface area (Å²) < 4.78 is 4.92. The first-order valence-electron chi connectivity index (χ1n) is 5.68. The number of rotatable bonds is 8. The predicted molar refractivity (Wildman–Crippen MR) is 70.1 cm³/mol. The summed E-state index contributed by atoms with van der Waals surface area (Å²) in [6, 6.07) is 3.37. The maximum absolute atomic E-state index is 10.7. The van der Waals surface area contributed by atoms with Crippen molar-refractivity contribution in [3.05, 3.63) is 21.9 Å². The van der Waals surface area contributed by atoms with Crippen LogP contribution in [-0.2, 0) is 11.3 Å². The van der Waals surface area contributed by atoms with Crippen LogP contribution in [-0.4, -0.2) is 42.0 Å². The van der Waals surface area contributed by atoms with Crippen LogP contribution in [0, 0.1) is 0 Å². The minimum atomic E-state index is -0.904. The molecule has 6 heteroatoms. The van der Waals surface area contributed by atoms with Gasteiger partial charge in [-0.15, -0.1) is 11.3 Å². The van der Waals surface area contributed by atoms with E-state index in [9.17, 15) is 9.90 Å². The minimum absolute atomic E-state index is 0.331. The number of hydrogen-bond acceptors (Lipinski definition) is 5. The Morgan fingerprint density at radius 3 is 2.83 bits per heavy atom. The van der Waals surface area contributed by atoms with Gasteiger partial charge in [-0.1, -0.05) is 0 Å². The maximum Gasteiger partial charge on any atom is 0.345 e. The van der Waals surface area contributed by atoms with E-state index in [0.29, 0.717) is 31.0 Å². The summed E-state index contributed by atoms with van der Waals surface area (Å²) in [7, 11) is 1.60. The summed E-state index contributed by atoms with van der Waals surface area (Å²) in [6.45, 7) is 3.25. The van der Waals surface area contributed by atoms with E-state index in [1.54, 1.807) is 26.2 Å². The highest BCUT2D eigenvalue weighted by atomic mass is 32.1. The number of methoxy groups -OCH3 is 1. The summed E-state index contributed by atoms with van der Waals surface area (Å²) in [6.07, 6.45) is 0.557. The van der Waals surface area contributed by atoms with Crippen LogP contribution >= 0.6 is 11.3 Å². The molecule has 0 aromatic carbocycles. The van der Waals surface area contributed by atoms with Crippen molar-refractivity contribution in [3.63, 3.8) is 0 Å². The molecule has 102 valence electrons. The van der Waals surface area contributed by atoms with Gasteiger partial charge in [0.1, 0.15) is 4.88 Å². The molecule has 1 heterocycles. The van der Waals surface area contributed by atoms with Gasteiger partial charge in [-0.3, -0.25) is 0 Å². The van der Waals surface area contributed by atoms with Crippen molar-refractivity contribution in [3.8, 4) is 0 Å². The van der Waals surface area contributed by atoms with E-state index < -0.39 is 11.6 Å². The Kier molecular flexibility index (Phi) is 5.74. The smallest absolute Gasteiger partial charge is 0.345 e. The van der Waals surface area contributed by atoms with Crippen LogP contribution < -0.4 is 5.32 Å². The molecule has 3 N–H and O–H groups in total. The third-order valence-corrected chi connectivity index (χ3v) is 3.60. The van der Waals surface area contributed by atoms with Gasteiger partial charge in [0.15, 0.2) is 0 Å². The molecule has 0 spiro atoms. The lowest BCUT2D eigenvalue weighted by Gasteiger charge is -2.23. The van der Waals surface area contributed by atoms with Gasteiger partial charge in [0.25, 0.3) is 0 Å². The van der Waals surface area contributed by atoms with Gasteiger partial charge in [-0.05, 0) is 19.1 Å². The van der Waals surface area contributed by atoms with Crippen LogP contribution in [0.15, 0.2) is 12.1 Å². The molecule has 0 bridgehead atoms. The van der Waals surface area contributed by atoms with Crippen molar-refractivity contribution in [1.29, 1.82) is 0 Å². The lowest BCUT2D eigenvalue weighted by Crippen LogP contribution is -2.38. The number of ether oxygens (including phenoxy) is 1. The Morgan fingerprint density at radius 1 is 1.56 bits per heavy atom. The fraction of sp³-hybridized carbons (Fsp3) is 0.583. The van der Waals surface area contributed by atoms with E-state index >= 15 is 0 Å². The fourth-order valence-corrected chi connectivity index (χ4v) is 2.27. The molecule has 0 amide bonds. The molecule has 0 aliphatic rings. The largest absolute Gasteiger partial charge is 0.477 e. The number of carbonyl (C=O) groups is 1. The van der Waals surface area contributed by atoms with Crippen LogP contribution in [0.5, 0.6) is 0 Å². The lowest BCUT2D eigenvalue weighted by atomic mass is 10.0. The number of carboxylic acid groups (broad SMARTS) is 1. The van der Waals surface area contributed by atoms with Crippen molar-refractivity contribution in [2.45, 2.75) is 25.5 Å². The quantitative estimate of drug-likeness (QED) is 0.666. The molecule has 0 radical (unpaired) electrons. The van der Waals surface area contributed by atoms with Gasteiger partial charge in [-0.2, -0.15) is 0 Å².